The zero-order valence-corrected chi connectivity index (χ0v) is 19.9. The Morgan fingerprint density at radius 1 is 1.09 bits per heavy atom. The summed E-state index contributed by atoms with van der Waals surface area (Å²) in [4.78, 5) is 19.2. The third-order valence-electron chi connectivity index (χ3n) is 6.03. The molecular formula is C24H38N2O6. The second-order valence-electron chi connectivity index (χ2n) is 8.61. The fraction of sp³-hybridized carbons (Fsp3) is 0.750. The molecule has 4 atom stereocenters. The van der Waals surface area contributed by atoms with Crippen LogP contribution in [0.4, 0.5) is 0 Å². The Morgan fingerprint density at radius 2 is 1.81 bits per heavy atom. The lowest BCUT2D eigenvalue weighted by Gasteiger charge is -2.34. The first kappa shape index (κ1) is 24.9. The number of hydrogen-bond donors (Lipinski definition) is 1. The lowest BCUT2D eigenvalue weighted by Crippen LogP contribution is -2.48. The van der Waals surface area contributed by atoms with Crippen LogP contribution in [0, 0.1) is 0 Å². The molecule has 0 aromatic carbocycles. The SMILES string of the molecule is CCCCOC[C@H]1O[C@@H](c2occ3c(=O)[nH]cnc23)[C@](C)(OCCCC)[C@@H]1OCCCC. The van der Waals surface area contributed by atoms with Gasteiger partial charge in [-0.25, -0.2) is 4.98 Å². The standard InChI is InChI=1S/C24H38N2O6/c1-5-8-11-28-15-18-21(29-12-9-6-2)24(4,31-13-10-7-3)22(32-18)20-19-17(14-30-20)23(27)26-16-25-19/h14,16,18,21-22H,5-13,15H2,1-4H3,(H,25,26,27)/t18-,21-,22+,24-/m1/s1. The number of fused-ring (bicyclic) bond motifs is 1. The predicted molar refractivity (Wildman–Crippen MR) is 122 cm³/mol. The van der Waals surface area contributed by atoms with Crippen molar-refractivity contribution in [3.63, 3.8) is 0 Å². The van der Waals surface area contributed by atoms with E-state index in [4.69, 9.17) is 23.4 Å². The average Bonchev–Trinajstić information content (AvgIpc) is 3.32. The number of nitrogens with zero attached hydrogens (tertiary/aromatic N) is 1. The molecule has 0 aliphatic carbocycles. The number of aromatic nitrogens is 2. The highest BCUT2D eigenvalue weighted by Gasteiger charge is 2.57. The molecule has 1 aliphatic heterocycles. The molecule has 0 amide bonds. The van der Waals surface area contributed by atoms with Crippen molar-refractivity contribution >= 4 is 10.9 Å². The van der Waals surface area contributed by atoms with Crippen LogP contribution >= 0.6 is 0 Å². The van der Waals surface area contributed by atoms with Crippen LogP contribution < -0.4 is 5.56 Å². The van der Waals surface area contributed by atoms with E-state index in [0.717, 1.165) is 38.5 Å². The molecule has 3 rings (SSSR count). The van der Waals surface area contributed by atoms with Crippen LogP contribution in [0.25, 0.3) is 10.9 Å². The maximum absolute atomic E-state index is 12.2. The first-order chi connectivity index (χ1) is 15.6. The lowest BCUT2D eigenvalue weighted by atomic mass is 9.90. The highest BCUT2D eigenvalue weighted by Crippen LogP contribution is 2.47. The molecule has 2 aromatic heterocycles. The smallest absolute Gasteiger partial charge is 0.261 e. The van der Waals surface area contributed by atoms with E-state index in [0.29, 0.717) is 43.1 Å². The van der Waals surface area contributed by atoms with Crippen molar-refractivity contribution in [2.45, 2.75) is 90.1 Å². The van der Waals surface area contributed by atoms with Gasteiger partial charge in [0.25, 0.3) is 5.56 Å². The van der Waals surface area contributed by atoms with Gasteiger partial charge >= 0.3 is 0 Å². The molecule has 0 spiro atoms. The van der Waals surface area contributed by atoms with E-state index < -0.39 is 11.7 Å². The molecule has 0 unspecified atom stereocenters. The fourth-order valence-electron chi connectivity index (χ4n) is 4.10. The molecule has 1 saturated heterocycles. The highest BCUT2D eigenvalue weighted by atomic mass is 16.6. The summed E-state index contributed by atoms with van der Waals surface area (Å²) in [5, 5.41) is 0.396. The summed E-state index contributed by atoms with van der Waals surface area (Å²) >= 11 is 0. The largest absolute Gasteiger partial charge is 0.463 e. The molecule has 0 bridgehead atoms. The van der Waals surface area contributed by atoms with Gasteiger partial charge in [0, 0.05) is 19.8 Å². The Morgan fingerprint density at radius 3 is 2.56 bits per heavy atom. The van der Waals surface area contributed by atoms with Gasteiger partial charge in [-0.3, -0.25) is 4.79 Å². The fourth-order valence-corrected chi connectivity index (χ4v) is 4.10. The lowest BCUT2D eigenvalue weighted by molar-refractivity contribution is -0.139. The number of ether oxygens (including phenoxy) is 4. The van der Waals surface area contributed by atoms with Crippen LogP contribution in [0.1, 0.15) is 78.1 Å². The molecule has 1 aliphatic rings. The molecule has 1 N–H and O–H groups in total. The van der Waals surface area contributed by atoms with E-state index in [9.17, 15) is 4.79 Å². The van der Waals surface area contributed by atoms with Gasteiger partial charge in [0.05, 0.1) is 12.9 Å². The Labute approximate surface area is 190 Å². The van der Waals surface area contributed by atoms with E-state index in [1.807, 2.05) is 6.92 Å². The molecule has 3 heterocycles. The molecule has 0 radical (unpaired) electrons. The number of furan rings is 1. The van der Waals surface area contributed by atoms with Crippen LogP contribution in [0.15, 0.2) is 21.8 Å². The number of aromatic amines is 1. The Balaban J connectivity index is 1.94. The minimum absolute atomic E-state index is 0.244. The molecule has 32 heavy (non-hydrogen) atoms. The van der Waals surface area contributed by atoms with Crippen LogP contribution in [0.2, 0.25) is 0 Å². The van der Waals surface area contributed by atoms with Crippen LogP contribution in [-0.2, 0) is 18.9 Å². The molecular weight excluding hydrogens is 412 g/mol. The van der Waals surface area contributed by atoms with Crippen LogP contribution in [0.5, 0.6) is 0 Å². The molecule has 8 heteroatoms. The second-order valence-corrected chi connectivity index (χ2v) is 8.61. The summed E-state index contributed by atoms with van der Waals surface area (Å²) < 4.78 is 31.1. The number of rotatable bonds is 14. The summed E-state index contributed by atoms with van der Waals surface area (Å²) in [6, 6.07) is 0. The molecule has 8 nitrogen and oxygen atoms in total. The van der Waals surface area contributed by atoms with Gasteiger partial charge in [-0.1, -0.05) is 40.0 Å². The van der Waals surface area contributed by atoms with E-state index in [1.165, 1.54) is 12.6 Å². The van der Waals surface area contributed by atoms with E-state index in [-0.39, 0.29) is 17.8 Å². The summed E-state index contributed by atoms with van der Waals surface area (Å²) in [6.45, 7) is 10.7. The van der Waals surface area contributed by atoms with Gasteiger partial charge in [-0.15, -0.1) is 0 Å². The van der Waals surface area contributed by atoms with Crippen molar-refractivity contribution in [2.75, 3.05) is 26.4 Å². The summed E-state index contributed by atoms with van der Waals surface area (Å²) in [5.41, 5.74) is -0.563. The van der Waals surface area contributed by atoms with Gasteiger partial charge < -0.3 is 28.3 Å². The Hall–Kier alpha value is -1.74. The first-order valence-corrected chi connectivity index (χ1v) is 12.0. The number of hydrogen-bond acceptors (Lipinski definition) is 7. The van der Waals surface area contributed by atoms with Crippen LogP contribution in [0.3, 0.4) is 0 Å². The normalized spacial score (nSPS) is 25.7. The third kappa shape index (κ3) is 5.42. The highest BCUT2D eigenvalue weighted by molar-refractivity contribution is 5.79. The Kier molecular flexibility index (Phi) is 9.28. The van der Waals surface area contributed by atoms with Gasteiger partial charge in [-0.2, -0.15) is 0 Å². The van der Waals surface area contributed by atoms with Crippen molar-refractivity contribution in [2.24, 2.45) is 0 Å². The third-order valence-corrected chi connectivity index (χ3v) is 6.03. The van der Waals surface area contributed by atoms with Crippen molar-refractivity contribution in [1.29, 1.82) is 0 Å². The predicted octanol–water partition coefficient (Wildman–Crippen LogP) is 4.53. The van der Waals surface area contributed by atoms with E-state index >= 15 is 0 Å². The molecule has 2 aromatic rings. The zero-order chi connectivity index (χ0) is 23.0. The number of H-pyrrole nitrogens is 1. The molecule has 1 fully saturated rings. The van der Waals surface area contributed by atoms with Crippen molar-refractivity contribution in [3.8, 4) is 0 Å². The minimum Gasteiger partial charge on any atom is -0.463 e. The maximum atomic E-state index is 12.2. The summed E-state index contributed by atoms with van der Waals surface area (Å²) in [6.07, 6.45) is 7.61. The second kappa shape index (κ2) is 11.9. The summed E-state index contributed by atoms with van der Waals surface area (Å²) in [7, 11) is 0. The zero-order valence-electron chi connectivity index (χ0n) is 19.9. The van der Waals surface area contributed by atoms with Crippen molar-refractivity contribution in [3.05, 3.63) is 28.7 Å². The van der Waals surface area contributed by atoms with E-state index in [1.54, 1.807) is 0 Å². The maximum Gasteiger partial charge on any atom is 0.261 e. The topological polar surface area (TPSA) is 95.8 Å². The number of unbranched alkanes of at least 4 members (excludes halogenated alkanes) is 3. The summed E-state index contributed by atoms with van der Waals surface area (Å²) in [5.74, 6) is 0.491. The van der Waals surface area contributed by atoms with Gasteiger partial charge in [0.1, 0.15) is 41.1 Å². The average molecular weight is 451 g/mol. The van der Waals surface area contributed by atoms with Gasteiger partial charge in [0.2, 0.25) is 0 Å². The minimum atomic E-state index is -0.809. The monoisotopic (exact) mass is 450 g/mol. The van der Waals surface area contributed by atoms with Crippen molar-refractivity contribution in [1.82, 2.24) is 9.97 Å². The molecule has 0 saturated carbocycles. The van der Waals surface area contributed by atoms with Gasteiger partial charge in [-0.05, 0) is 26.2 Å². The quantitative estimate of drug-likeness (QED) is 0.422. The Bertz CT molecular complexity index is 881. The van der Waals surface area contributed by atoms with Crippen molar-refractivity contribution < 1.29 is 23.4 Å². The van der Waals surface area contributed by atoms with Gasteiger partial charge in [0.15, 0.2) is 5.76 Å². The molecule has 180 valence electrons. The van der Waals surface area contributed by atoms with E-state index in [2.05, 4.69) is 30.7 Å². The number of nitrogens with one attached hydrogen (secondary N) is 1. The first-order valence-electron chi connectivity index (χ1n) is 12.0. The van der Waals surface area contributed by atoms with Crippen LogP contribution in [-0.4, -0.2) is 54.2 Å².